The number of aromatic nitrogens is 1. The minimum absolute atomic E-state index is 0.0189. The molecule has 1 aromatic heterocycles. The Morgan fingerprint density at radius 3 is 2.40 bits per heavy atom. The molecule has 142 valence electrons. The fraction of sp³-hybridized carbons (Fsp3) is 0.722. The fourth-order valence-electron chi connectivity index (χ4n) is 2.31. The number of carbonyl (C=O) groups excluding carboxylic acids is 2. The van der Waals surface area contributed by atoms with E-state index in [2.05, 4.69) is 22.7 Å². The number of amides is 2. The molecule has 2 N–H and O–H groups in total. The summed E-state index contributed by atoms with van der Waals surface area (Å²) in [4.78, 5) is 23.9. The third kappa shape index (κ3) is 7.58. The lowest BCUT2D eigenvalue weighted by molar-refractivity contribution is -0.123. The van der Waals surface area contributed by atoms with Crippen molar-refractivity contribution in [1.29, 1.82) is 0 Å². The fourth-order valence-corrected chi connectivity index (χ4v) is 2.31. The highest BCUT2D eigenvalue weighted by Gasteiger charge is 2.26. The Bertz CT molecular complexity index is 581. The van der Waals surface area contributed by atoms with Crippen LogP contribution in [0.4, 0.5) is 4.79 Å². The molecule has 0 aromatic carbocycles. The zero-order chi connectivity index (χ0) is 19.2. The number of rotatable bonds is 8. The Morgan fingerprint density at radius 1 is 1.24 bits per heavy atom. The lowest BCUT2D eigenvalue weighted by Gasteiger charge is -2.27. The van der Waals surface area contributed by atoms with Gasteiger partial charge in [0.15, 0.2) is 0 Å². The third-order valence-corrected chi connectivity index (χ3v) is 3.84. The Balaban J connectivity index is 2.45. The lowest BCUT2D eigenvalue weighted by Crippen LogP contribution is -2.48. The zero-order valence-corrected chi connectivity index (χ0v) is 16.3. The number of carbonyl (C=O) groups is 2. The third-order valence-electron chi connectivity index (χ3n) is 3.84. The van der Waals surface area contributed by atoms with Gasteiger partial charge in [0.2, 0.25) is 5.91 Å². The number of hydrogen-bond donors (Lipinski definition) is 2. The molecule has 25 heavy (non-hydrogen) atoms. The van der Waals surface area contributed by atoms with Crippen LogP contribution in [-0.4, -0.2) is 34.8 Å². The maximum Gasteiger partial charge on any atom is 0.408 e. The van der Waals surface area contributed by atoms with Gasteiger partial charge in [0.05, 0.1) is 5.69 Å². The standard InChI is InChI=1S/C18H31N3O4/c1-11(2)19-16(22)14(5)20-17(23)24-18(6,7)9-8-12(3)15-10-13(4)21-25-15/h10-12,14H,8-9H2,1-7H3,(H,19,22)(H,20,23). The van der Waals surface area contributed by atoms with Gasteiger partial charge in [0.25, 0.3) is 0 Å². The SMILES string of the molecule is Cc1cc(C(C)CCC(C)(C)OC(=O)NC(C)C(=O)NC(C)C)on1. The highest BCUT2D eigenvalue weighted by atomic mass is 16.6. The van der Waals surface area contributed by atoms with Crippen LogP contribution < -0.4 is 10.6 Å². The van der Waals surface area contributed by atoms with Crippen LogP contribution in [0.5, 0.6) is 0 Å². The van der Waals surface area contributed by atoms with Crippen molar-refractivity contribution in [3.8, 4) is 0 Å². The van der Waals surface area contributed by atoms with Crippen molar-refractivity contribution in [3.05, 3.63) is 17.5 Å². The minimum Gasteiger partial charge on any atom is -0.444 e. The summed E-state index contributed by atoms with van der Waals surface area (Å²) in [6.45, 7) is 13.0. The Morgan fingerprint density at radius 2 is 1.88 bits per heavy atom. The van der Waals surface area contributed by atoms with Gasteiger partial charge >= 0.3 is 6.09 Å². The van der Waals surface area contributed by atoms with Gasteiger partial charge in [-0.05, 0) is 54.4 Å². The van der Waals surface area contributed by atoms with Gasteiger partial charge < -0.3 is 19.9 Å². The van der Waals surface area contributed by atoms with Crippen LogP contribution in [0, 0.1) is 6.92 Å². The zero-order valence-electron chi connectivity index (χ0n) is 16.3. The van der Waals surface area contributed by atoms with Crippen LogP contribution in [0.1, 0.15) is 71.8 Å². The Hall–Kier alpha value is -2.05. The molecule has 1 aromatic rings. The summed E-state index contributed by atoms with van der Waals surface area (Å²) in [5.41, 5.74) is 0.201. The highest BCUT2D eigenvalue weighted by Crippen LogP contribution is 2.26. The maximum absolute atomic E-state index is 12.0. The number of alkyl carbamates (subject to hydrolysis) is 1. The van der Waals surface area contributed by atoms with Crippen LogP contribution in [0.15, 0.2) is 10.6 Å². The predicted octanol–water partition coefficient (Wildman–Crippen LogP) is 3.28. The van der Waals surface area contributed by atoms with E-state index in [1.165, 1.54) is 0 Å². The van der Waals surface area contributed by atoms with E-state index in [1.54, 1.807) is 6.92 Å². The summed E-state index contributed by atoms with van der Waals surface area (Å²) in [5, 5.41) is 9.20. The van der Waals surface area contributed by atoms with Crippen molar-refractivity contribution in [2.24, 2.45) is 0 Å². The molecule has 2 amide bonds. The van der Waals surface area contributed by atoms with Gasteiger partial charge in [-0.3, -0.25) is 4.79 Å². The normalized spacial score (nSPS) is 14.1. The van der Waals surface area contributed by atoms with Gasteiger partial charge in [0, 0.05) is 18.0 Å². The second-order valence-electron chi connectivity index (χ2n) is 7.49. The monoisotopic (exact) mass is 353 g/mol. The molecule has 0 aliphatic carbocycles. The van der Waals surface area contributed by atoms with Gasteiger partial charge in [-0.1, -0.05) is 12.1 Å². The van der Waals surface area contributed by atoms with Crippen LogP contribution in [0.3, 0.4) is 0 Å². The first-order valence-electron chi connectivity index (χ1n) is 8.73. The molecule has 0 saturated carbocycles. The minimum atomic E-state index is -0.651. The molecule has 0 aliphatic rings. The molecular weight excluding hydrogens is 322 g/mol. The summed E-state index contributed by atoms with van der Waals surface area (Å²) < 4.78 is 10.7. The van der Waals surface area contributed by atoms with Gasteiger partial charge in [-0.2, -0.15) is 0 Å². The average molecular weight is 353 g/mol. The first-order valence-corrected chi connectivity index (χ1v) is 8.73. The van der Waals surface area contributed by atoms with Crippen molar-refractivity contribution in [2.75, 3.05) is 0 Å². The molecule has 0 aliphatic heterocycles. The second-order valence-corrected chi connectivity index (χ2v) is 7.49. The molecule has 2 unspecified atom stereocenters. The van der Waals surface area contributed by atoms with E-state index in [1.807, 2.05) is 40.7 Å². The molecule has 0 radical (unpaired) electrons. The van der Waals surface area contributed by atoms with Crippen molar-refractivity contribution >= 4 is 12.0 Å². The van der Waals surface area contributed by atoms with Crippen LogP contribution in [0.25, 0.3) is 0 Å². The smallest absolute Gasteiger partial charge is 0.408 e. The average Bonchev–Trinajstić information content (AvgIpc) is 2.90. The summed E-state index contributed by atoms with van der Waals surface area (Å²) in [5.74, 6) is 0.777. The summed E-state index contributed by atoms with van der Waals surface area (Å²) >= 11 is 0. The highest BCUT2D eigenvalue weighted by molar-refractivity contribution is 5.85. The maximum atomic E-state index is 12.0. The van der Waals surface area contributed by atoms with Gasteiger partial charge in [-0.15, -0.1) is 0 Å². The Kier molecular flexibility index (Phi) is 7.45. The van der Waals surface area contributed by atoms with Crippen LogP contribution in [-0.2, 0) is 9.53 Å². The molecule has 0 spiro atoms. The second kappa shape index (κ2) is 8.87. The molecule has 0 saturated heterocycles. The molecular formula is C18H31N3O4. The van der Waals surface area contributed by atoms with E-state index in [-0.39, 0.29) is 17.9 Å². The number of nitrogens with zero attached hydrogens (tertiary/aromatic N) is 1. The van der Waals surface area contributed by atoms with E-state index in [0.717, 1.165) is 17.9 Å². The number of aryl methyl sites for hydroxylation is 1. The quantitative estimate of drug-likeness (QED) is 0.748. The molecule has 2 atom stereocenters. The summed E-state index contributed by atoms with van der Waals surface area (Å²) in [7, 11) is 0. The van der Waals surface area contributed by atoms with Crippen molar-refractivity contribution < 1.29 is 18.8 Å². The molecule has 7 nitrogen and oxygen atoms in total. The molecule has 1 heterocycles. The van der Waals surface area contributed by atoms with E-state index < -0.39 is 17.7 Å². The number of nitrogens with one attached hydrogen (secondary N) is 2. The first-order chi connectivity index (χ1) is 11.5. The van der Waals surface area contributed by atoms with Crippen molar-refractivity contribution in [3.63, 3.8) is 0 Å². The van der Waals surface area contributed by atoms with Crippen LogP contribution in [0.2, 0.25) is 0 Å². The van der Waals surface area contributed by atoms with Crippen molar-refractivity contribution in [1.82, 2.24) is 15.8 Å². The first kappa shape index (κ1) is 21.0. The van der Waals surface area contributed by atoms with Gasteiger partial charge in [0.1, 0.15) is 17.4 Å². The lowest BCUT2D eigenvalue weighted by atomic mass is 9.94. The molecule has 0 fully saturated rings. The largest absolute Gasteiger partial charge is 0.444 e. The summed E-state index contributed by atoms with van der Waals surface area (Å²) in [6.07, 6.45) is 0.853. The molecule has 7 heteroatoms. The van der Waals surface area contributed by atoms with Gasteiger partial charge in [-0.25, -0.2) is 4.79 Å². The number of ether oxygens (including phenoxy) is 1. The van der Waals surface area contributed by atoms with E-state index >= 15 is 0 Å². The Labute approximate surface area is 149 Å². The number of hydrogen-bond acceptors (Lipinski definition) is 5. The van der Waals surface area contributed by atoms with E-state index in [0.29, 0.717) is 6.42 Å². The summed E-state index contributed by atoms with van der Waals surface area (Å²) in [6, 6.07) is 1.28. The van der Waals surface area contributed by atoms with E-state index in [4.69, 9.17) is 9.26 Å². The van der Waals surface area contributed by atoms with Crippen LogP contribution >= 0.6 is 0 Å². The molecule has 1 rings (SSSR count). The topological polar surface area (TPSA) is 93.5 Å². The van der Waals surface area contributed by atoms with E-state index in [9.17, 15) is 9.59 Å². The predicted molar refractivity (Wildman–Crippen MR) is 95.3 cm³/mol. The van der Waals surface area contributed by atoms with Crippen molar-refractivity contribution in [2.45, 2.75) is 84.9 Å². The molecule has 0 bridgehead atoms.